The van der Waals surface area contributed by atoms with Gasteiger partial charge in [-0.3, -0.25) is 9.10 Å². The second-order valence-corrected chi connectivity index (χ2v) is 9.72. The minimum absolute atomic E-state index is 0.124. The van der Waals surface area contributed by atoms with Crippen LogP contribution in [0.4, 0.5) is 5.69 Å². The monoisotopic (exact) mass is 466 g/mol. The highest BCUT2D eigenvalue weighted by Gasteiger charge is 2.28. The van der Waals surface area contributed by atoms with Crippen LogP contribution in [0.5, 0.6) is 11.5 Å². The smallest absolute Gasteiger partial charge is 0.264 e. The molecule has 8 heteroatoms. The molecule has 1 amide bonds. The number of ether oxygens (including phenoxy) is 2. The fraction of sp³-hybridized carbons (Fsp3) is 0.240. The van der Waals surface area contributed by atoms with Crippen LogP contribution in [0.3, 0.4) is 0 Å². The Morgan fingerprint density at radius 3 is 2.42 bits per heavy atom. The zero-order chi connectivity index (χ0) is 23.4. The fourth-order valence-corrected chi connectivity index (χ4v) is 5.08. The van der Waals surface area contributed by atoms with Crippen molar-refractivity contribution >= 4 is 21.6 Å². The fourth-order valence-electron chi connectivity index (χ4n) is 3.65. The van der Waals surface area contributed by atoms with Crippen LogP contribution in [0.2, 0.25) is 0 Å². The van der Waals surface area contributed by atoms with E-state index in [2.05, 4.69) is 5.32 Å². The molecule has 0 saturated carbocycles. The molecule has 0 bridgehead atoms. The molecule has 7 nitrogen and oxygen atoms in total. The van der Waals surface area contributed by atoms with Gasteiger partial charge in [0.25, 0.3) is 10.0 Å². The number of nitrogens with zero attached hydrogens (tertiary/aromatic N) is 1. The van der Waals surface area contributed by atoms with Crippen molar-refractivity contribution in [1.82, 2.24) is 5.32 Å². The SMILES string of the molecule is Cc1cccc(N(CC(=O)N[C@@H](C)c2ccc3c(c2)OCCO3)S(=O)(=O)c2ccccc2)c1. The normalized spacial score (nSPS) is 13.8. The minimum Gasteiger partial charge on any atom is -0.486 e. The van der Waals surface area contributed by atoms with E-state index in [0.29, 0.717) is 30.4 Å². The highest BCUT2D eigenvalue weighted by atomic mass is 32.2. The number of carbonyl (C=O) groups excluding carboxylic acids is 1. The van der Waals surface area contributed by atoms with Crippen LogP contribution >= 0.6 is 0 Å². The summed E-state index contributed by atoms with van der Waals surface area (Å²) >= 11 is 0. The summed E-state index contributed by atoms with van der Waals surface area (Å²) < 4.78 is 39.1. The molecule has 0 spiro atoms. The Hall–Kier alpha value is -3.52. The van der Waals surface area contributed by atoms with Crippen molar-refractivity contribution in [3.8, 4) is 11.5 Å². The lowest BCUT2D eigenvalue weighted by molar-refractivity contribution is -0.120. The number of amides is 1. The summed E-state index contributed by atoms with van der Waals surface area (Å²) in [5.74, 6) is 0.884. The molecule has 1 aliphatic rings. The van der Waals surface area contributed by atoms with Gasteiger partial charge in [-0.1, -0.05) is 36.4 Å². The van der Waals surface area contributed by atoms with Crippen molar-refractivity contribution < 1.29 is 22.7 Å². The van der Waals surface area contributed by atoms with Crippen molar-refractivity contribution in [1.29, 1.82) is 0 Å². The Balaban J connectivity index is 1.56. The van der Waals surface area contributed by atoms with Crippen molar-refractivity contribution in [2.75, 3.05) is 24.1 Å². The zero-order valence-electron chi connectivity index (χ0n) is 18.5. The third-order valence-electron chi connectivity index (χ3n) is 5.35. The Bertz CT molecular complexity index is 1240. The standard InChI is InChI=1S/C25H26N2O5S/c1-18-7-6-8-21(15-18)27(33(29,30)22-9-4-3-5-10-22)17-25(28)26-19(2)20-11-12-23-24(16-20)32-14-13-31-23/h3-12,15-16,19H,13-14,17H2,1-2H3,(H,26,28)/t19-/m0/s1. The predicted octanol–water partition coefficient (Wildman–Crippen LogP) is 3.84. The molecule has 0 fully saturated rings. The second kappa shape index (κ2) is 9.54. The van der Waals surface area contributed by atoms with Crippen LogP contribution < -0.4 is 19.1 Å². The van der Waals surface area contributed by atoms with Crippen LogP contribution in [-0.4, -0.2) is 34.1 Å². The van der Waals surface area contributed by atoms with Crippen molar-refractivity contribution in [2.45, 2.75) is 24.8 Å². The zero-order valence-corrected chi connectivity index (χ0v) is 19.3. The Morgan fingerprint density at radius 1 is 0.970 bits per heavy atom. The van der Waals surface area contributed by atoms with Crippen molar-refractivity contribution in [2.24, 2.45) is 0 Å². The number of aryl methyl sites for hydroxylation is 1. The van der Waals surface area contributed by atoms with E-state index in [4.69, 9.17) is 9.47 Å². The molecule has 33 heavy (non-hydrogen) atoms. The average Bonchev–Trinajstić information content (AvgIpc) is 2.82. The van der Waals surface area contributed by atoms with Gasteiger partial charge in [-0.15, -0.1) is 0 Å². The molecule has 1 aliphatic heterocycles. The molecule has 3 aromatic rings. The van der Waals surface area contributed by atoms with Gasteiger partial charge in [0.2, 0.25) is 5.91 Å². The maximum absolute atomic E-state index is 13.4. The van der Waals surface area contributed by atoms with Gasteiger partial charge in [0.05, 0.1) is 16.6 Å². The first-order chi connectivity index (χ1) is 15.8. The third-order valence-corrected chi connectivity index (χ3v) is 7.14. The molecule has 0 aliphatic carbocycles. The number of fused-ring (bicyclic) bond motifs is 1. The van der Waals surface area contributed by atoms with Crippen LogP contribution in [0, 0.1) is 6.92 Å². The molecule has 3 aromatic carbocycles. The lowest BCUT2D eigenvalue weighted by Crippen LogP contribution is -2.41. The molecule has 0 unspecified atom stereocenters. The maximum Gasteiger partial charge on any atom is 0.264 e. The van der Waals surface area contributed by atoms with Gasteiger partial charge in [-0.05, 0) is 61.4 Å². The number of benzene rings is 3. The summed E-state index contributed by atoms with van der Waals surface area (Å²) in [4.78, 5) is 13.1. The Kier molecular flexibility index (Phi) is 6.55. The Morgan fingerprint density at radius 2 is 1.70 bits per heavy atom. The summed E-state index contributed by atoms with van der Waals surface area (Å²) in [6, 6.07) is 20.3. The van der Waals surface area contributed by atoms with Crippen LogP contribution in [0.25, 0.3) is 0 Å². The molecular weight excluding hydrogens is 440 g/mol. The van der Waals surface area contributed by atoms with E-state index in [9.17, 15) is 13.2 Å². The number of rotatable bonds is 7. The van der Waals surface area contributed by atoms with Crippen molar-refractivity contribution in [3.63, 3.8) is 0 Å². The first-order valence-corrected chi connectivity index (χ1v) is 12.1. The Labute approximate surface area is 194 Å². The molecule has 1 heterocycles. The van der Waals surface area contributed by atoms with Crippen LogP contribution in [0.1, 0.15) is 24.1 Å². The quantitative estimate of drug-likeness (QED) is 0.572. The van der Waals surface area contributed by atoms with Gasteiger partial charge in [-0.2, -0.15) is 0 Å². The molecule has 0 aromatic heterocycles. The van der Waals surface area contributed by atoms with Gasteiger partial charge in [0.15, 0.2) is 11.5 Å². The number of carbonyl (C=O) groups is 1. The first-order valence-electron chi connectivity index (χ1n) is 10.7. The molecular formula is C25H26N2O5S. The van der Waals surface area contributed by atoms with E-state index < -0.39 is 15.9 Å². The summed E-state index contributed by atoms with van der Waals surface area (Å²) in [5.41, 5.74) is 2.16. The molecule has 1 atom stereocenters. The second-order valence-electron chi connectivity index (χ2n) is 7.86. The van der Waals surface area contributed by atoms with E-state index >= 15 is 0 Å². The largest absolute Gasteiger partial charge is 0.486 e. The van der Waals surface area contributed by atoms with E-state index in [1.165, 1.54) is 12.1 Å². The number of nitrogens with one attached hydrogen (secondary N) is 1. The van der Waals surface area contributed by atoms with Gasteiger partial charge in [-0.25, -0.2) is 8.42 Å². The topological polar surface area (TPSA) is 84.9 Å². The highest BCUT2D eigenvalue weighted by Crippen LogP contribution is 2.32. The molecule has 172 valence electrons. The minimum atomic E-state index is -3.94. The highest BCUT2D eigenvalue weighted by molar-refractivity contribution is 7.92. The molecule has 0 saturated heterocycles. The number of hydrogen-bond acceptors (Lipinski definition) is 5. The van der Waals surface area contributed by atoms with Gasteiger partial charge >= 0.3 is 0 Å². The van der Waals surface area contributed by atoms with E-state index in [-0.39, 0.29) is 17.5 Å². The van der Waals surface area contributed by atoms with Crippen LogP contribution in [0.15, 0.2) is 77.7 Å². The number of anilines is 1. The van der Waals surface area contributed by atoms with Gasteiger partial charge in [0.1, 0.15) is 19.8 Å². The summed E-state index contributed by atoms with van der Waals surface area (Å²) in [6.45, 7) is 4.34. The summed E-state index contributed by atoms with van der Waals surface area (Å²) in [7, 11) is -3.94. The lowest BCUT2D eigenvalue weighted by Gasteiger charge is -2.26. The molecule has 0 radical (unpaired) electrons. The average molecular weight is 467 g/mol. The van der Waals surface area contributed by atoms with Crippen LogP contribution in [-0.2, 0) is 14.8 Å². The van der Waals surface area contributed by atoms with E-state index in [0.717, 1.165) is 15.4 Å². The van der Waals surface area contributed by atoms with Crippen molar-refractivity contribution in [3.05, 3.63) is 83.9 Å². The summed E-state index contributed by atoms with van der Waals surface area (Å²) in [5, 5.41) is 2.90. The summed E-state index contributed by atoms with van der Waals surface area (Å²) in [6.07, 6.45) is 0. The van der Waals surface area contributed by atoms with E-state index in [1.807, 2.05) is 38.1 Å². The van der Waals surface area contributed by atoms with E-state index in [1.54, 1.807) is 36.4 Å². The predicted molar refractivity (Wildman–Crippen MR) is 126 cm³/mol. The van der Waals surface area contributed by atoms with Gasteiger partial charge in [0, 0.05) is 0 Å². The maximum atomic E-state index is 13.4. The third kappa shape index (κ3) is 5.12. The number of hydrogen-bond donors (Lipinski definition) is 1. The number of sulfonamides is 1. The molecule has 1 N–H and O–H groups in total. The molecule has 4 rings (SSSR count). The van der Waals surface area contributed by atoms with Gasteiger partial charge < -0.3 is 14.8 Å². The lowest BCUT2D eigenvalue weighted by atomic mass is 10.1. The first kappa shape index (κ1) is 22.7.